The first-order valence-corrected chi connectivity index (χ1v) is 9.21. The molecule has 2 rings (SSSR count). The summed E-state index contributed by atoms with van der Waals surface area (Å²) in [6.45, 7) is 11.9. The van der Waals surface area contributed by atoms with E-state index >= 15 is 0 Å². The molecule has 0 bridgehead atoms. The summed E-state index contributed by atoms with van der Waals surface area (Å²) in [5.41, 5.74) is 1.92. The van der Waals surface area contributed by atoms with Crippen LogP contribution in [0.2, 0.25) is 0 Å². The van der Waals surface area contributed by atoms with E-state index in [0.29, 0.717) is 11.6 Å². The fraction of sp³-hybridized carbons (Fsp3) is 0.476. The molecule has 1 aromatic carbocycles. The molecule has 2 aromatic rings. The van der Waals surface area contributed by atoms with E-state index in [2.05, 4.69) is 74.2 Å². The van der Waals surface area contributed by atoms with Gasteiger partial charge in [-0.05, 0) is 29.4 Å². The van der Waals surface area contributed by atoms with Crippen LogP contribution in [0, 0.1) is 18.3 Å². The van der Waals surface area contributed by atoms with Crippen molar-refractivity contribution in [3.63, 3.8) is 0 Å². The number of aliphatic hydroxyl groups is 1. The number of anilines is 1. The Morgan fingerprint density at radius 1 is 1.26 bits per heavy atom. The van der Waals surface area contributed by atoms with Crippen molar-refractivity contribution in [3.8, 4) is 0 Å². The fourth-order valence-electron chi connectivity index (χ4n) is 3.02. The number of nitrogens with zero attached hydrogens (tertiary/aromatic N) is 1. The predicted molar refractivity (Wildman–Crippen MR) is 110 cm³/mol. The normalized spacial score (nSPS) is 12.9. The molecule has 6 heteroatoms. The molecule has 0 aliphatic heterocycles. The van der Waals surface area contributed by atoms with Crippen molar-refractivity contribution in [1.29, 1.82) is 5.41 Å². The molecule has 0 radical (unpaired) electrons. The standard InChI is InChI=1S/C21H30N4O2/c1-12(2)18(14-7-9-15(10-8-14)21(4,5)6)25-19-17(16(22)11-26)20(27)24-13(3)23-19/h7-10,12,18,22,26H,11H2,1-6H3,(H2,23,24,25,27). The molecule has 146 valence electrons. The molecule has 1 unspecified atom stereocenters. The number of aromatic nitrogens is 2. The summed E-state index contributed by atoms with van der Waals surface area (Å²) in [6, 6.07) is 8.35. The van der Waals surface area contributed by atoms with Gasteiger partial charge in [0.15, 0.2) is 0 Å². The van der Waals surface area contributed by atoms with Crippen LogP contribution in [0.5, 0.6) is 0 Å². The van der Waals surface area contributed by atoms with Crippen molar-refractivity contribution in [1.82, 2.24) is 9.97 Å². The van der Waals surface area contributed by atoms with Crippen molar-refractivity contribution >= 4 is 11.5 Å². The Bertz CT molecular complexity index is 861. The molecule has 1 atom stereocenters. The molecule has 6 nitrogen and oxygen atoms in total. The van der Waals surface area contributed by atoms with Crippen molar-refractivity contribution < 1.29 is 5.11 Å². The highest BCUT2D eigenvalue weighted by atomic mass is 16.3. The predicted octanol–water partition coefficient (Wildman–Crippen LogP) is 3.55. The molecular weight excluding hydrogens is 340 g/mol. The Balaban J connectivity index is 2.46. The van der Waals surface area contributed by atoms with Gasteiger partial charge < -0.3 is 20.8 Å². The van der Waals surface area contributed by atoms with Gasteiger partial charge in [-0.3, -0.25) is 4.79 Å². The molecule has 0 fully saturated rings. The van der Waals surface area contributed by atoms with Crippen LogP contribution < -0.4 is 10.9 Å². The zero-order chi connectivity index (χ0) is 20.4. The maximum atomic E-state index is 12.3. The highest BCUT2D eigenvalue weighted by Crippen LogP contribution is 2.29. The molecule has 0 aliphatic rings. The molecule has 0 spiro atoms. The second kappa shape index (κ2) is 8.05. The van der Waals surface area contributed by atoms with Crippen LogP contribution in [-0.4, -0.2) is 27.4 Å². The first kappa shape index (κ1) is 20.8. The van der Waals surface area contributed by atoms with E-state index < -0.39 is 12.2 Å². The summed E-state index contributed by atoms with van der Waals surface area (Å²) in [5.74, 6) is 1.01. The minimum atomic E-state index is -0.519. The summed E-state index contributed by atoms with van der Waals surface area (Å²) < 4.78 is 0. The van der Waals surface area contributed by atoms with Crippen LogP contribution in [0.25, 0.3) is 0 Å². The number of H-pyrrole nitrogens is 1. The Labute approximate surface area is 160 Å². The molecule has 0 saturated heterocycles. The van der Waals surface area contributed by atoms with E-state index in [0.717, 1.165) is 5.56 Å². The van der Waals surface area contributed by atoms with Crippen molar-refractivity contribution in [2.24, 2.45) is 5.92 Å². The summed E-state index contributed by atoms with van der Waals surface area (Å²) in [4.78, 5) is 19.3. The second-order valence-corrected chi connectivity index (χ2v) is 8.25. The monoisotopic (exact) mass is 370 g/mol. The highest BCUT2D eigenvalue weighted by Gasteiger charge is 2.22. The lowest BCUT2D eigenvalue weighted by molar-refractivity contribution is 0.357. The van der Waals surface area contributed by atoms with E-state index in [4.69, 9.17) is 5.41 Å². The van der Waals surface area contributed by atoms with Crippen molar-refractivity contribution in [2.75, 3.05) is 11.9 Å². The molecular formula is C21H30N4O2. The smallest absolute Gasteiger partial charge is 0.262 e. The number of hydrogen-bond donors (Lipinski definition) is 4. The van der Waals surface area contributed by atoms with Gasteiger partial charge in [0.05, 0.1) is 18.4 Å². The van der Waals surface area contributed by atoms with Crippen LogP contribution in [0.1, 0.15) is 63.2 Å². The van der Waals surface area contributed by atoms with Crippen LogP contribution in [0.4, 0.5) is 5.82 Å². The van der Waals surface area contributed by atoms with E-state index in [9.17, 15) is 9.90 Å². The van der Waals surface area contributed by atoms with Gasteiger partial charge >= 0.3 is 0 Å². The van der Waals surface area contributed by atoms with Crippen molar-refractivity contribution in [3.05, 3.63) is 57.1 Å². The summed E-state index contributed by atoms with van der Waals surface area (Å²) in [7, 11) is 0. The Morgan fingerprint density at radius 3 is 2.33 bits per heavy atom. The molecule has 0 amide bonds. The first-order valence-electron chi connectivity index (χ1n) is 9.21. The van der Waals surface area contributed by atoms with Crippen LogP contribution >= 0.6 is 0 Å². The molecule has 27 heavy (non-hydrogen) atoms. The SMILES string of the molecule is Cc1nc(NC(c2ccc(C(C)(C)C)cc2)C(C)C)c(C(=N)CO)c(=O)[nH]1. The van der Waals surface area contributed by atoms with E-state index in [1.807, 2.05) is 0 Å². The lowest BCUT2D eigenvalue weighted by Gasteiger charge is -2.26. The molecule has 0 saturated carbocycles. The van der Waals surface area contributed by atoms with Gasteiger partial charge in [-0.25, -0.2) is 4.98 Å². The number of aromatic amines is 1. The summed E-state index contributed by atoms with van der Waals surface area (Å²) in [6.07, 6.45) is 0. The van der Waals surface area contributed by atoms with E-state index in [1.165, 1.54) is 5.56 Å². The zero-order valence-corrected chi connectivity index (χ0v) is 17.0. The number of rotatable bonds is 6. The Morgan fingerprint density at radius 2 is 1.85 bits per heavy atom. The van der Waals surface area contributed by atoms with Gasteiger partial charge in [-0.2, -0.15) is 0 Å². The summed E-state index contributed by atoms with van der Waals surface area (Å²) >= 11 is 0. The molecule has 0 aliphatic carbocycles. The quantitative estimate of drug-likeness (QED) is 0.584. The third-order valence-corrected chi connectivity index (χ3v) is 4.59. The molecule has 1 heterocycles. The number of hydrogen-bond acceptors (Lipinski definition) is 5. The minimum Gasteiger partial charge on any atom is -0.390 e. The lowest BCUT2D eigenvalue weighted by Crippen LogP contribution is -2.27. The molecule has 1 aromatic heterocycles. The number of aliphatic hydroxyl groups excluding tert-OH is 1. The Kier molecular flexibility index (Phi) is 6.21. The van der Waals surface area contributed by atoms with Crippen molar-refractivity contribution in [2.45, 2.75) is 53.0 Å². The van der Waals surface area contributed by atoms with Crippen LogP contribution in [-0.2, 0) is 5.41 Å². The topological polar surface area (TPSA) is 102 Å². The minimum absolute atomic E-state index is 0.0774. The third-order valence-electron chi connectivity index (χ3n) is 4.59. The van der Waals surface area contributed by atoms with Gasteiger partial charge in [0.1, 0.15) is 17.2 Å². The van der Waals surface area contributed by atoms with Crippen LogP contribution in [0.15, 0.2) is 29.1 Å². The summed E-state index contributed by atoms with van der Waals surface area (Å²) in [5, 5.41) is 20.6. The Hall–Kier alpha value is -2.47. The van der Waals surface area contributed by atoms with Gasteiger partial charge in [-0.15, -0.1) is 0 Å². The maximum Gasteiger partial charge on any atom is 0.262 e. The largest absolute Gasteiger partial charge is 0.390 e. The van der Waals surface area contributed by atoms with Gasteiger partial charge in [-0.1, -0.05) is 58.9 Å². The number of nitrogens with one attached hydrogen (secondary N) is 3. The van der Waals surface area contributed by atoms with Gasteiger partial charge in [0, 0.05) is 0 Å². The lowest BCUT2D eigenvalue weighted by atomic mass is 9.85. The van der Waals surface area contributed by atoms with E-state index in [-0.39, 0.29) is 28.6 Å². The zero-order valence-electron chi connectivity index (χ0n) is 17.0. The van der Waals surface area contributed by atoms with E-state index in [1.54, 1.807) is 6.92 Å². The third kappa shape index (κ3) is 4.83. The second-order valence-electron chi connectivity index (χ2n) is 8.25. The average molecular weight is 370 g/mol. The fourth-order valence-corrected chi connectivity index (χ4v) is 3.02. The average Bonchev–Trinajstić information content (AvgIpc) is 2.57. The van der Waals surface area contributed by atoms with Crippen LogP contribution in [0.3, 0.4) is 0 Å². The number of benzene rings is 1. The number of aryl methyl sites for hydroxylation is 1. The maximum absolute atomic E-state index is 12.3. The highest BCUT2D eigenvalue weighted by molar-refractivity contribution is 6.02. The van der Waals surface area contributed by atoms with Gasteiger partial charge in [0.25, 0.3) is 5.56 Å². The molecule has 4 N–H and O–H groups in total. The van der Waals surface area contributed by atoms with Gasteiger partial charge in [0.2, 0.25) is 0 Å². The first-order chi connectivity index (χ1) is 12.5.